The predicted molar refractivity (Wildman–Crippen MR) is 103 cm³/mol. The number of hydrogen-bond acceptors (Lipinski definition) is 3. The van der Waals surface area contributed by atoms with Crippen LogP contribution in [-0.2, 0) is 14.3 Å². The fraction of sp³-hybridized carbons (Fsp3) is 0.636. The number of carbonyl (C=O) groups is 2. The summed E-state index contributed by atoms with van der Waals surface area (Å²) in [5.74, 6) is -1.10. The zero-order valence-electron chi connectivity index (χ0n) is 16.3. The molecule has 0 saturated heterocycles. The van der Waals surface area contributed by atoms with Crippen LogP contribution in [0.5, 0.6) is 0 Å². The molecule has 0 bridgehead atoms. The summed E-state index contributed by atoms with van der Waals surface area (Å²) in [6, 6.07) is 0. The minimum atomic E-state index is -1.08. The molecule has 4 nitrogen and oxygen atoms in total. The van der Waals surface area contributed by atoms with Gasteiger partial charge < -0.3 is 9.84 Å². The molecule has 1 N–H and O–H groups in total. The van der Waals surface area contributed by atoms with E-state index < -0.39 is 23.5 Å². The molecule has 0 aromatic heterocycles. The van der Waals surface area contributed by atoms with Crippen molar-refractivity contribution >= 4 is 11.9 Å². The van der Waals surface area contributed by atoms with E-state index in [4.69, 9.17) is 4.74 Å². The number of carboxylic acids is 1. The number of carbonyl (C=O) groups excluding carboxylic acids is 1. The molecule has 2 fully saturated rings. The second-order valence-electron chi connectivity index (χ2n) is 8.43. The quantitative estimate of drug-likeness (QED) is 0.415. The maximum atomic E-state index is 12.3. The molecule has 0 aromatic carbocycles. The molecule has 26 heavy (non-hydrogen) atoms. The van der Waals surface area contributed by atoms with Gasteiger partial charge in [0.25, 0.3) is 0 Å². The smallest absolute Gasteiger partial charge is 0.313 e. The normalized spacial score (nSPS) is 36.7. The summed E-state index contributed by atoms with van der Waals surface area (Å²) in [5.41, 5.74) is 0.964. The summed E-state index contributed by atoms with van der Waals surface area (Å²) in [5, 5.41) is 10.1. The highest BCUT2D eigenvalue weighted by atomic mass is 16.5. The number of allylic oxidation sites excluding steroid dienone is 3. The van der Waals surface area contributed by atoms with Crippen LogP contribution >= 0.6 is 0 Å². The largest absolute Gasteiger partial charge is 0.481 e. The van der Waals surface area contributed by atoms with E-state index in [1.54, 1.807) is 13.0 Å². The first-order valence-corrected chi connectivity index (χ1v) is 9.45. The van der Waals surface area contributed by atoms with Crippen molar-refractivity contribution in [1.82, 2.24) is 0 Å². The van der Waals surface area contributed by atoms with E-state index in [-0.39, 0.29) is 17.3 Å². The first-order valence-electron chi connectivity index (χ1n) is 9.45. The van der Waals surface area contributed by atoms with Gasteiger partial charge in [-0.3, -0.25) is 9.59 Å². The van der Waals surface area contributed by atoms with E-state index >= 15 is 0 Å². The zero-order valence-corrected chi connectivity index (χ0v) is 16.3. The number of esters is 1. The summed E-state index contributed by atoms with van der Waals surface area (Å²) in [4.78, 5) is 23.9. The highest BCUT2D eigenvalue weighted by Gasteiger charge is 2.62. The first kappa shape index (κ1) is 20.5. The van der Waals surface area contributed by atoms with Crippen molar-refractivity contribution in [3.63, 3.8) is 0 Å². The SMILES string of the molecule is C=CC(=C)CC[C@H]1C(=C)CC[C@@H]2[C@]1(C)CC[C@@H](OC(C)=O)[C@]2(C)C(=O)O. The first-order chi connectivity index (χ1) is 12.1. The molecule has 0 aromatic rings. The summed E-state index contributed by atoms with van der Waals surface area (Å²) in [6.07, 6.45) is 5.95. The topological polar surface area (TPSA) is 63.6 Å². The molecule has 2 aliphatic rings. The maximum absolute atomic E-state index is 12.3. The van der Waals surface area contributed by atoms with Gasteiger partial charge in [-0.25, -0.2) is 0 Å². The second kappa shape index (κ2) is 7.42. The molecule has 2 saturated carbocycles. The molecule has 2 aliphatic carbocycles. The lowest BCUT2D eigenvalue weighted by Crippen LogP contribution is -2.60. The van der Waals surface area contributed by atoms with Gasteiger partial charge in [-0.15, -0.1) is 0 Å². The minimum Gasteiger partial charge on any atom is -0.481 e. The molecule has 0 amide bonds. The Morgan fingerprint density at radius 3 is 2.54 bits per heavy atom. The number of ether oxygens (including phenoxy) is 1. The van der Waals surface area contributed by atoms with Crippen molar-refractivity contribution < 1.29 is 19.4 Å². The van der Waals surface area contributed by atoms with Crippen molar-refractivity contribution in [2.75, 3.05) is 0 Å². The van der Waals surface area contributed by atoms with Crippen LogP contribution in [0.25, 0.3) is 0 Å². The minimum absolute atomic E-state index is 0.0573. The van der Waals surface area contributed by atoms with Crippen LogP contribution in [0.4, 0.5) is 0 Å². The maximum Gasteiger partial charge on any atom is 0.313 e. The molecule has 0 heterocycles. The van der Waals surface area contributed by atoms with E-state index in [1.807, 2.05) is 0 Å². The summed E-state index contributed by atoms with van der Waals surface area (Å²) in [7, 11) is 0. The fourth-order valence-corrected chi connectivity index (χ4v) is 5.48. The van der Waals surface area contributed by atoms with E-state index in [0.717, 1.165) is 37.7 Å². The standard InChI is InChI=1S/C22H32O4/c1-7-14(2)8-10-17-15(3)9-11-18-21(17,5)13-12-19(26-16(4)23)22(18,6)20(24)25/h7,17-19H,1-3,8-13H2,4-6H3,(H,24,25)/t17-,18+,19+,21+,22+/m0/s1. The Balaban J connectivity index is 2.39. The van der Waals surface area contributed by atoms with Crippen LogP contribution in [0, 0.1) is 22.7 Å². The van der Waals surface area contributed by atoms with Gasteiger partial charge in [0.05, 0.1) is 0 Å². The third kappa shape index (κ3) is 3.38. The van der Waals surface area contributed by atoms with Crippen LogP contribution in [0.15, 0.2) is 37.0 Å². The molecule has 5 atom stereocenters. The Hall–Kier alpha value is -1.84. The monoisotopic (exact) mass is 360 g/mol. The van der Waals surface area contributed by atoms with Crippen LogP contribution < -0.4 is 0 Å². The van der Waals surface area contributed by atoms with Crippen LogP contribution in [0.3, 0.4) is 0 Å². The van der Waals surface area contributed by atoms with Gasteiger partial charge in [0, 0.05) is 6.92 Å². The lowest BCUT2D eigenvalue weighted by Gasteiger charge is -2.59. The lowest BCUT2D eigenvalue weighted by atomic mass is 9.46. The van der Waals surface area contributed by atoms with E-state index in [0.29, 0.717) is 6.42 Å². The number of hydrogen-bond donors (Lipinski definition) is 1. The molecular weight excluding hydrogens is 328 g/mol. The molecule has 2 rings (SSSR count). The third-order valence-electron chi connectivity index (χ3n) is 6.99. The van der Waals surface area contributed by atoms with Crippen molar-refractivity contribution in [2.24, 2.45) is 22.7 Å². The van der Waals surface area contributed by atoms with Crippen molar-refractivity contribution in [3.8, 4) is 0 Å². The number of fused-ring (bicyclic) bond motifs is 1. The van der Waals surface area contributed by atoms with Crippen molar-refractivity contribution in [2.45, 2.75) is 65.4 Å². The molecule has 144 valence electrons. The van der Waals surface area contributed by atoms with Gasteiger partial charge >= 0.3 is 11.9 Å². The number of rotatable bonds is 6. The van der Waals surface area contributed by atoms with Gasteiger partial charge in [-0.05, 0) is 62.7 Å². The van der Waals surface area contributed by atoms with Crippen LogP contribution in [-0.4, -0.2) is 23.1 Å². The van der Waals surface area contributed by atoms with E-state index in [2.05, 4.69) is 26.7 Å². The predicted octanol–water partition coefficient (Wildman–Crippen LogP) is 4.91. The highest BCUT2D eigenvalue weighted by molar-refractivity contribution is 5.77. The Labute approximate surface area is 157 Å². The van der Waals surface area contributed by atoms with Crippen LogP contribution in [0.1, 0.15) is 59.3 Å². The zero-order chi connectivity index (χ0) is 19.7. The Morgan fingerprint density at radius 1 is 1.35 bits per heavy atom. The summed E-state index contributed by atoms with van der Waals surface area (Å²) >= 11 is 0. The Morgan fingerprint density at radius 2 is 2.00 bits per heavy atom. The average molecular weight is 360 g/mol. The molecule has 0 aliphatic heterocycles. The van der Waals surface area contributed by atoms with Gasteiger partial charge in [-0.1, -0.05) is 43.9 Å². The van der Waals surface area contributed by atoms with Gasteiger partial charge in [-0.2, -0.15) is 0 Å². The second-order valence-corrected chi connectivity index (χ2v) is 8.43. The third-order valence-corrected chi connectivity index (χ3v) is 6.99. The molecule has 0 spiro atoms. The van der Waals surface area contributed by atoms with Crippen LogP contribution in [0.2, 0.25) is 0 Å². The summed E-state index contributed by atoms with van der Waals surface area (Å²) in [6.45, 7) is 17.4. The number of aliphatic carboxylic acids is 1. The van der Waals surface area contributed by atoms with Gasteiger partial charge in [0.1, 0.15) is 11.5 Å². The highest BCUT2D eigenvalue weighted by Crippen LogP contribution is 2.62. The summed E-state index contributed by atoms with van der Waals surface area (Å²) < 4.78 is 5.47. The van der Waals surface area contributed by atoms with E-state index in [1.165, 1.54) is 12.5 Å². The molecule has 0 radical (unpaired) electrons. The lowest BCUT2D eigenvalue weighted by molar-refractivity contribution is -0.194. The molecule has 4 heteroatoms. The average Bonchev–Trinajstić information content (AvgIpc) is 2.56. The number of carboxylic acid groups (broad SMARTS) is 1. The Kier molecular flexibility index (Phi) is 5.84. The van der Waals surface area contributed by atoms with E-state index in [9.17, 15) is 14.7 Å². The van der Waals surface area contributed by atoms with Crippen molar-refractivity contribution in [3.05, 3.63) is 37.0 Å². The van der Waals surface area contributed by atoms with Gasteiger partial charge in [0.2, 0.25) is 0 Å². The Bertz CT molecular complexity index is 634. The fourth-order valence-electron chi connectivity index (χ4n) is 5.48. The van der Waals surface area contributed by atoms with Crippen molar-refractivity contribution in [1.29, 1.82) is 0 Å². The molecular formula is C22H32O4. The van der Waals surface area contributed by atoms with Gasteiger partial charge in [0.15, 0.2) is 0 Å². The molecule has 0 unspecified atom stereocenters.